The van der Waals surface area contributed by atoms with E-state index < -0.39 is 0 Å². The van der Waals surface area contributed by atoms with Crippen molar-refractivity contribution in [3.05, 3.63) is 11.1 Å². The Balaban J connectivity index is 2.07. The van der Waals surface area contributed by atoms with E-state index in [0.29, 0.717) is 12.1 Å². The maximum Gasteiger partial charge on any atom is 0.185 e. The largest absolute Gasteiger partial charge is 0.345 e. The van der Waals surface area contributed by atoms with Crippen LogP contribution in [0.15, 0.2) is 6.20 Å². The molecule has 0 amide bonds. The summed E-state index contributed by atoms with van der Waals surface area (Å²) in [5.41, 5.74) is 0. The van der Waals surface area contributed by atoms with Gasteiger partial charge in [0.1, 0.15) is 0 Å². The Morgan fingerprint density at radius 2 is 2.35 bits per heavy atom. The monoisotopic (exact) mass is 253 g/mol. The van der Waals surface area contributed by atoms with Crippen LogP contribution >= 0.6 is 11.3 Å². The molecule has 2 heterocycles. The zero-order valence-electron chi connectivity index (χ0n) is 11.2. The third-order valence-corrected chi connectivity index (χ3v) is 4.70. The molecule has 0 saturated carbocycles. The Labute approximate surface area is 108 Å². The maximum absolute atomic E-state index is 4.59. The van der Waals surface area contributed by atoms with Gasteiger partial charge in [0, 0.05) is 29.7 Å². The fourth-order valence-electron chi connectivity index (χ4n) is 2.58. The fourth-order valence-corrected chi connectivity index (χ4v) is 3.64. The zero-order valence-corrected chi connectivity index (χ0v) is 12.0. The van der Waals surface area contributed by atoms with Crippen LogP contribution in [0, 0.1) is 5.92 Å². The standard InChI is InChI=1S/C13H23N3S/c1-5-14-11(4)12-7-15-13(17-12)16-8-9(2)6-10(16)3/h7,9-11,14H,5-6,8H2,1-4H3. The molecule has 1 aliphatic heterocycles. The minimum Gasteiger partial charge on any atom is -0.345 e. The average Bonchev–Trinajstić information content (AvgIpc) is 2.85. The molecule has 96 valence electrons. The van der Waals surface area contributed by atoms with E-state index in [4.69, 9.17) is 0 Å². The summed E-state index contributed by atoms with van der Waals surface area (Å²) in [5.74, 6) is 0.795. The van der Waals surface area contributed by atoms with Gasteiger partial charge in [-0.1, -0.05) is 13.8 Å². The number of thiazole rings is 1. The minimum absolute atomic E-state index is 0.418. The number of hydrogen-bond acceptors (Lipinski definition) is 4. The molecule has 1 aromatic rings. The van der Waals surface area contributed by atoms with Crippen molar-refractivity contribution in [2.24, 2.45) is 5.92 Å². The SMILES string of the molecule is CCNC(C)c1cnc(N2CC(C)CC2C)s1. The van der Waals surface area contributed by atoms with Crippen molar-refractivity contribution in [2.45, 2.75) is 46.2 Å². The van der Waals surface area contributed by atoms with Gasteiger partial charge in [-0.25, -0.2) is 4.98 Å². The second-order valence-electron chi connectivity index (χ2n) is 5.17. The first-order valence-electron chi connectivity index (χ1n) is 6.57. The Bertz CT molecular complexity index is 363. The first-order chi connectivity index (χ1) is 8.11. The quantitative estimate of drug-likeness (QED) is 0.894. The normalized spacial score (nSPS) is 26.5. The minimum atomic E-state index is 0.418. The lowest BCUT2D eigenvalue weighted by molar-refractivity contribution is 0.606. The van der Waals surface area contributed by atoms with Gasteiger partial charge in [0.25, 0.3) is 0 Å². The lowest BCUT2D eigenvalue weighted by atomic mass is 10.1. The highest BCUT2D eigenvalue weighted by molar-refractivity contribution is 7.15. The second kappa shape index (κ2) is 5.36. The molecule has 1 fully saturated rings. The van der Waals surface area contributed by atoms with E-state index >= 15 is 0 Å². The highest BCUT2D eigenvalue weighted by Gasteiger charge is 2.28. The number of nitrogens with one attached hydrogen (secondary N) is 1. The molecule has 0 spiro atoms. The van der Waals surface area contributed by atoms with E-state index in [0.717, 1.165) is 19.0 Å². The third-order valence-electron chi connectivity index (χ3n) is 3.48. The third kappa shape index (κ3) is 2.80. The molecule has 3 unspecified atom stereocenters. The summed E-state index contributed by atoms with van der Waals surface area (Å²) in [6.07, 6.45) is 3.32. The molecule has 1 aromatic heterocycles. The van der Waals surface area contributed by atoms with Crippen LogP contribution in [-0.2, 0) is 0 Å². The first-order valence-corrected chi connectivity index (χ1v) is 7.39. The van der Waals surface area contributed by atoms with Crippen LogP contribution in [0.5, 0.6) is 0 Å². The van der Waals surface area contributed by atoms with Crippen LogP contribution in [0.3, 0.4) is 0 Å². The molecule has 0 aliphatic carbocycles. The highest BCUT2D eigenvalue weighted by atomic mass is 32.1. The number of nitrogens with zero attached hydrogens (tertiary/aromatic N) is 2. The molecule has 1 saturated heterocycles. The number of aromatic nitrogens is 1. The highest BCUT2D eigenvalue weighted by Crippen LogP contribution is 2.33. The van der Waals surface area contributed by atoms with E-state index in [9.17, 15) is 0 Å². The molecule has 4 heteroatoms. The summed E-state index contributed by atoms with van der Waals surface area (Å²) in [4.78, 5) is 8.39. The van der Waals surface area contributed by atoms with Crippen molar-refractivity contribution in [2.75, 3.05) is 18.0 Å². The van der Waals surface area contributed by atoms with Crippen molar-refractivity contribution in [3.8, 4) is 0 Å². The second-order valence-corrected chi connectivity index (χ2v) is 6.21. The van der Waals surface area contributed by atoms with Gasteiger partial charge in [-0.2, -0.15) is 0 Å². The van der Waals surface area contributed by atoms with E-state index in [2.05, 4.69) is 42.9 Å². The van der Waals surface area contributed by atoms with Crippen molar-refractivity contribution in [3.63, 3.8) is 0 Å². The average molecular weight is 253 g/mol. The van der Waals surface area contributed by atoms with E-state index in [1.807, 2.05) is 17.5 Å². The predicted molar refractivity (Wildman–Crippen MR) is 74.8 cm³/mol. The Kier molecular flexibility index (Phi) is 4.05. The van der Waals surface area contributed by atoms with Gasteiger partial charge in [-0.15, -0.1) is 11.3 Å². The van der Waals surface area contributed by atoms with Gasteiger partial charge in [0.05, 0.1) is 0 Å². The molecule has 3 atom stereocenters. The molecule has 1 N–H and O–H groups in total. The van der Waals surface area contributed by atoms with Crippen molar-refractivity contribution in [1.82, 2.24) is 10.3 Å². The zero-order chi connectivity index (χ0) is 12.4. The van der Waals surface area contributed by atoms with Crippen LogP contribution in [0.25, 0.3) is 0 Å². The summed E-state index contributed by atoms with van der Waals surface area (Å²) in [6.45, 7) is 11.1. The molecule has 3 nitrogen and oxygen atoms in total. The van der Waals surface area contributed by atoms with Gasteiger partial charge in [0.2, 0.25) is 0 Å². The first kappa shape index (κ1) is 12.8. The predicted octanol–water partition coefficient (Wildman–Crippen LogP) is 3.05. The van der Waals surface area contributed by atoms with Gasteiger partial charge >= 0.3 is 0 Å². The van der Waals surface area contributed by atoms with Crippen molar-refractivity contribution in [1.29, 1.82) is 0 Å². The molecular formula is C13H23N3S. The van der Waals surface area contributed by atoms with Gasteiger partial charge in [-0.05, 0) is 32.7 Å². The molecule has 2 rings (SSSR count). The molecule has 1 aliphatic rings. The van der Waals surface area contributed by atoms with Crippen LogP contribution in [0.1, 0.15) is 45.0 Å². The number of rotatable bonds is 4. The summed E-state index contributed by atoms with van der Waals surface area (Å²) in [7, 11) is 0. The molecule has 0 bridgehead atoms. The topological polar surface area (TPSA) is 28.2 Å². The van der Waals surface area contributed by atoms with E-state index in [1.54, 1.807) is 0 Å². The van der Waals surface area contributed by atoms with Gasteiger partial charge in [0.15, 0.2) is 5.13 Å². The van der Waals surface area contributed by atoms with E-state index in [-0.39, 0.29) is 0 Å². The molecule has 0 aromatic carbocycles. The summed E-state index contributed by atoms with van der Waals surface area (Å²) in [5, 5.41) is 4.63. The van der Waals surface area contributed by atoms with Crippen LogP contribution in [-0.4, -0.2) is 24.1 Å². The summed E-state index contributed by atoms with van der Waals surface area (Å²) < 4.78 is 0. The Morgan fingerprint density at radius 3 is 2.94 bits per heavy atom. The fraction of sp³-hybridized carbons (Fsp3) is 0.769. The molecule has 0 radical (unpaired) electrons. The smallest absolute Gasteiger partial charge is 0.185 e. The van der Waals surface area contributed by atoms with Crippen LogP contribution < -0.4 is 10.2 Å². The maximum atomic E-state index is 4.59. The number of hydrogen-bond donors (Lipinski definition) is 1. The molecular weight excluding hydrogens is 230 g/mol. The van der Waals surface area contributed by atoms with Gasteiger partial charge in [-0.3, -0.25) is 0 Å². The summed E-state index contributed by atoms with van der Waals surface area (Å²) >= 11 is 1.84. The van der Waals surface area contributed by atoms with Crippen LogP contribution in [0.4, 0.5) is 5.13 Å². The lowest BCUT2D eigenvalue weighted by Gasteiger charge is -2.20. The summed E-state index contributed by atoms with van der Waals surface area (Å²) in [6, 6.07) is 1.06. The lowest BCUT2D eigenvalue weighted by Crippen LogP contribution is -2.26. The Morgan fingerprint density at radius 1 is 1.59 bits per heavy atom. The van der Waals surface area contributed by atoms with Crippen LogP contribution in [0.2, 0.25) is 0 Å². The molecule has 17 heavy (non-hydrogen) atoms. The Hall–Kier alpha value is -0.610. The van der Waals surface area contributed by atoms with Crippen molar-refractivity contribution < 1.29 is 0 Å². The number of anilines is 1. The van der Waals surface area contributed by atoms with Gasteiger partial charge < -0.3 is 10.2 Å². The van der Waals surface area contributed by atoms with Crippen molar-refractivity contribution >= 4 is 16.5 Å². The van der Waals surface area contributed by atoms with E-state index in [1.165, 1.54) is 16.4 Å².